The fourth-order valence-electron chi connectivity index (χ4n) is 1.47. The number of alkyl carbamates (subject to hydrolysis) is 1. The topological polar surface area (TPSA) is 90.7 Å². The van der Waals surface area contributed by atoms with E-state index in [4.69, 9.17) is 15.2 Å². The van der Waals surface area contributed by atoms with Crippen molar-refractivity contribution < 1.29 is 19.1 Å². The Kier molecular flexibility index (Phi) is 7.91. The monoisotopic (exact) mass is 260 g/mol. The number of unbranched alkanes of at least 4 members (excludes halogenated alkanes) is 1. The molecule has 1 atom stereocenters. The molecule has 0 aliphatic heterocycles. The van der Waals surface area contributed by atoms with Crippen molar-refractivity contribution in [3.05, 3.63) is 0 Å². The van der Waals surface area contributed by atoms with E-state index in [1.54, 1.807) is 0 Å². The number of primary amides is 1. The average molecular weight is 260 g/mol. The lowest BCUT2D eigenvalue weighted by molar-refractivity contribution is 0.0332. The van der Waals surface area contributed by atoms with Crippen LogP contribution in [0.3, 0.4) is 0 Å². The van der Waals surface area contributed by atoms with E-state index in [0.29, 0.717) is 6.54 Å². The van der Waals surface area contributed by atoms with Crippen molar-refractivity contribution >= 4 is 12.2 Å². The van der Waals surface area contributed by atoms with Gasteiger partial charge in [0.1, 0.15) is 13.2 Å². The lowest BCUT2D eigenvalue weighted by Gasteiger charge is -2.28. The average Bonchev–Trinajstić information content (AvgIpc) is 2.32. The van der Waals surface area contributed by atoms with E-state index in [1.807, 2.05) is 13.8 Å². The minimum Gasteiger partial charge on any atom is -0.449 e. The van der Waals surface area contributed by atoms with E-state index in [0.717, 1.165) is 19.3 Å². The molecular weight excluding hydrogens is 236 g/mol. The Morgan fingerprint density at radius 3 is 2.33 bits per heavy atom. The van der Waals surface area contributed by atoms with Crippen LogP contribution in [-0.2, 0) is 9.47 Å². The molecule has 106 valence electrons. The fourth-order valence-corrected chi connectivity index (χ4v) is 1.47. The van der Waals surface area contributed by atoms with Gasteiger partial charge in [-0.3, -0.25) is 0 Å². The normalized spacial score (nSPS) is 13.5. The first kappa shape index (κ1) is 16.5. The summed E-state index contributed by atoms with van der Waals surface area (Å²) in [5.74, 6) is 0. The molecule has 0 aliphatic rings. The zero-order valence-corrected chi connectivity index (χ0v) is 11.5. The first-order valence-corrected chi connectivity index (χ1v) is 6.26. The van der Waals surface area contributed by atoms with E-state index in [9.17, 15) is 9.59 Å². The van der Waals surface area contributed by atoms with Crippen LogP contribution < -0.4 is 11.1 Å². The summed E-state index contributed by atoms with van der Waals surface area (Å²) in [6.45, 7) is 6.66. The minimum absolute atomic E-state index is 0.155. The molecule has 0 bridgehead atoms. The first-order chi connectivity index (χ1) is 8.43. The van der Waals surface area contributed by atoms with Crippen molar-refractivity contribution in [3.8, 4) is 0 Å². The second kappa shape index (κ2) is 8.60. The highest BCUT2D eigenvalue weighted by Gasteiger charge is 2.27. The SMILES string of the molecule is CCCCC(C)(COC(N)=O)COC(=O)NCC. The maximum Gasteiger partial charge on any atom is 0.407 e. The number of carbonyl (C=O) groups is 2. The number of nitrogens with two attached hydrogens (primary N) is 1. The van der Waals surface area contributed by atoms with Crippen LogP contribution >= 0.6 is 0 Å². The fraction of sp³-hybridized carbons (Fsp3) is 0.833. The predicted molar refractivity (Wildman–Crippen MR) is 68.2 cm³/mol. The number of hydrogen-bond donors (Lipinski definition) is 2. The summed E-state index contributed by atoms with van der Waals surface area (Å²) in [5.41, 5.74) is 4.56. The van der Waals surface area contributed by atoms with E-state index < -0.39 is 17.6 Å². The standard InChI is InChI=1S/C12H24N2O4/c1-4-6-7-12(3,8-17-10(13)15)9-18-11(16)14-5-2/h4-9H2,1-3H3,(H2,13,15)(H,14,16). The van der Waals surface area contributed by atoms with Gasteiger partial charge in [-0.1, -0.05) is 26.7 Å². The van der Waals surface area contributed by atoms with Crippen LogP contribution in [0.25, 0.3) is 0 Å². The second-order valence-electron chi connectivity index (χ2n) is 4.63. The van der Waals surface area contributed by atoms with Crippen molar-refractivity contribution in [1.29, 1.82) is 0 Å². The van der Waals surface area contributed by atoms with E-state index >= 15 is 0 Å². The van der Waals surface area contributed by atoms with Crippen LogP contribution in [0.2, 0.25) is 0 Å². The van der Waals surface area contributed by atoms with E-state index in [2.05, 4.69) is 12.2 Å². The van der Waals surface area contributed by atoms with Crippen molar-refractivity contribution in [2.24, 2.45) is 11.1 Å². The van der Waals surface area contributed by atoms with E-state index in [1.165, 1.54) is 0 Å². The highest BCUT2D eigenvalue weighted by molar-refractivity contribution is 5.67. The van der Waals surface area contributed by atoms with Crippen LogP contribution in [0.5, 0.6) is 0 Å². The maximum atomic E-state index is 11.2. The number of nitrogens with one attached hydrogen (secondary N) is 1. The molecule has 3 N–H and O–H groups in total. The van der Waals surface area contributed by atoms with Gasteiger partial charge in [0.05, 0.1) is 0 Å². The maximum absolute atomic E-state index is 11.2. The molecule has 2 amide bonds. The third-order valence-electron chi connectivity index (χ3n) is 2.57. The van der Waals surface area contributed by atoms with Gasteiger partial charge in [-0.15, -0.1) is 0 Å². The summed E-state index contributed by atoms with van der Waals surface area (Å²) in [6, 6.07) is 0. The van der Waals surface area contributed by atoms with Crippen molar-refractivity contribution in [1.82, 2.24) is 5.32 Å². The molecule has 0 radical (unpaired) electrons. The number of ether oxygens (including phenoxy) is 2. The lowest BCUT2D eigenvalue weighted by Crippen LogP contribution is -2.35. The lowest BCUT2D eigenvalue weighted by atomic mass is 9.87. The second-order valence-corrected chi connectivity index (χ2v) is 4.63. The molecule has 18 heavy (non-hydrogen) atoms. The smallest absolute Gasteiger partial charge is 0.407 e. The zero-order valence-electron chi connectivity index (χ0n) is 11.5. The van der Waals surface area contributed by atoms with E-state index in [-0.39, 0.29) is 13.2 Å². The molecule has 6 nitrogen and oxygen atoms in total. The minimum atomic E-state index is -0.810. The number of amides is 2. The number of rotatable bonds is 8. The third kappa shape index (κ3) is 7.76. The highest BCUT2D eigenvalue weighted by atomic mass is 16.6. The number of carbonyl (C=O) groups excluding carboxylic acids is 2. The summed E-state index contributed by atoms with van der Waals surface area (Å²) in [4.78, 5) is 21.9. The molecule has 0 aromatic carbocycles. The van der Waals surface area contributed by atoms with Gasteiger partial charge >= 0.3 is 12.2 Å². The Bertz CT molecular complexity index is 271. The van der Waals surface area contributed by atoms with Gasteiger partial charge < -0.3 is 20.5 Å². The molecule has 0 spiro atoms. The molecular formula is C12H24N2O4. The quantitative estimate of drug-likeness (QED) is 0.698. The van der Waals surface area contributed by atoms with Crippen molar-refractivity contribution in [2.45, 2.75) is 40.0 Å². The largest absolute Gasteiger partial charge is 0.449 e. The molecule has 0 aromatic heterocycles. The van der Waals surface area contributed by atoms with Crippen molar-refractivity contribution in [2.75, 3.05) is 19.8 Å². The molecule has 1 unspecified atom stereocenters. The Morgan fingerprint density at radius 2 is 1.83 bits per heavy atom. The van der Waals surface area contributed by atoms with Crippen molar-refractivity contribution in [3.63, 3.8) is 0 Å². The summed E-state index contributed by atoms with van der Waals surface area (Å²) < 4.78 is 9.92. The highest BCUT2D eigenvalue weighted by Crippen LogP contribution is 2.25. The molecule has 0 fully saturated rings. The first-order valence-electron chi connectivity index (χ1n) is 6.26. The predicted octanol–water partition coefficient (Wildman–Crippen LogP) is 2.02. The van der Waals surface area contributed by atoms with Gasteiger partial charge in [-0.2, -0.15) is 0 Å². The molecule has 0 heterocycles. The van der Waals surface area contributed by atoms with Crippen LogP contribution in [0, 0.1) is 5.41 Å². The molecule has 0 rings (SSSR count). The number of hydrogen-bond acceptors (Lipinski definition) is 4. The van der Waals surface area contributed by atoms with Crippen LogP contribution in [-0.4, -0.2) is 31.9 Å². The van der Waals surface area contributed by atoms with Gasteiger partial charge in [-0.25, -0.2) is 9.59 Å². The van der Waals surface area contributed by atoms with Crippen LogP contribution in [0.1, 0.15) is 40.0 Å². The van der Waals surface area contributed by atoms with Gasteiger partial charge in [0.25, 0.3) is 0 Å². The third-order valence-corrected chi connectivity index (χ3v) is 2.57. The Labute approximate surface area is 108 Å². The zero-order chi connectivity index (χ0) is 14.0. The van der Waals surface area contributed by atoms with Crippen LogP contribution in [0.4, 0.5) is 9.59 Å². The summed E-state index contributed by atoms with van der Waals surface area (Å²) in [5, 5.41) is 2.55. The Morgan fingerprint density at radius 1 is 1.22 bits per heavy atom. The Balaban J connectivity index is 4.26. The molecule has 6 heteroatoms. The van der Waals surface area contributed by atoms with Crippen LogP contribution in [0.15, 0.2) is 0 Å². The molecule has 0 saturated heterocycles. The van der Waals surface area contributed by atoms with Gasteiger partial charge in [0, 0.05) is 12.0 Å². The molecule has 0 aliphatic carbocycles. The molecule has 0 aromatic rings. The summed E-state index contributed by atoms with van der Waals surface area (Å²) in [6.07, 6.45) is 1.52. The Hall–Kier alpha value is -1.46. The van der Waals surface area contributed by atoms with Gasteiger partial charge in [-0.05, 0) is 13.3 Å². The molecule has 0 saturated carbocycles. The van der Waals surface area contributed by atoms with Gasteiger partial charge in [0.15, 0.2) is 0 Å². The summed E-state index contributed by atoms with van der Waals surface area (Å²) >= 11 is 0. The van der Waals surface area contributed by atoms with Gasteiger partial charge in [0.2, 0.25) is 0 Å². The summed E-state index contributed by atoms with van der Waals surface area (Å²) in [7, 11) is 0.